The maximum absolute atomic E-state index is 11.6. The summed E-state index contributed by atoms with van der Waals surface area (Å²) < 4.78 is 0. The summed E-state index contributed by atoms with van der Waals surface area (Å²) in [5, 5.41) is 35.9. The number of fused-ring (bicyclic) bond motifs is 1. The van der Waals surface area contributed by atoms with E-state index in [-0.39, 0.29) is 17.0 Å². The standard InChI is InChI=1S/C19H13N7O2/c20-9-12(18-23-25-26-24-18)10-22-17-8-11(4-5-15(17)19(27)28)13-2-1-3-16-14(13)6-7-21-16/h1-8,10,21-22H,(H,27,28)(H,23,24,25,26). The van der Waals surface area contributed by atoms with Gasteiger partial charge in [0.25, 0.3) is 0 Å². The summed E-state index contributed by atoms with van der Waals surface area (Å²) in [6.45, 7) is 0. The fourth-order valence-corrected chi connectivity index (χ4v) is 2.93. The van der Waals surface area contributed by atoms with Gasteiger partial charge in [0, 0.05) is 23.3 Å². The van der Waals surface area contributed by atoms with Crippen LogP contribution < -0.4 is 5.32 Å². The van der Waals surface area contributed by atoms with Crippen molar-refractivity contribution < 1.29 is 9.90 Å². The Bertz CT molecular complexity index is 1230. The Labute approximate surface area is 158 Å². The fraction of sp³-hybridized carbons (Fsp3) is 0. The molecule has 0 unspecified atom stereocenters. The van der Waals surface area contributed by atoms with E-state index in [1.807, 2.05) is 36.5 Å². The SMILES string of the molecule is N#CC(=CNc1cc(-c2cccc3[nH]ccc23)ccc1C(=O)O)c1nn[nH]n1. The highest BCUT2D eigenvalue weighted by Gasteiger charge is 2.13. The first-order valence-corrected chi connectivity index (χ1v) is 8.22. The van der Waals surface area contributed by atoms with E-state index in [2.05, 4.69) is 30.9 Å². The molecule has 0 saturated heterocycles. The number of nitriles is 1. The molecule has 4 rings (SSSR count). The summed E-state index contributed by atoms with van der Waals surface area (Å²) in [6, 6.07) is 14.8. The number of tetrazole rings is 1. The molecule has 2 heterocycles. The zero-order chi connectivity index (χ0) is 19.5. The van der Waals surface area contributed by atoms with Gasteiger partial charge >= 0.3 is 5.97 Å². The highest BCUT2D eigenvalue weighted by molar-refractivity contribution is 5.99. The lowest BCUT2D eigenvalue weighted by Crippen LogP contribution is -2.03. The van der Waals surface area contributed by atoms with Crippen LogP contribution in [0, 0.1) is 11.3 Å². The lowest BCUT2D eigenvalue weighted by molar-refractivity contribution is 0.0698. The van der Waals surface area contributed by atoms with E-state index in [1.54, 1.807) is 12.1 Å². The average molecular weight is 371 g/mol. The van der Waals surface area contributed by atoms with Crippen LogP contribution in [0.25, 0.3) is 27.6 Å². The van der Waals surface area contributed by atoms with E-state index in [0.29, 0.717) is 5.69 Å². The monoisotopic (exact) mass is 371 g/mol. The maximum Gasteiger partial charge on any atom is 0.337 e. The van der Waals surface area contributed by atoms with Crippen molar-refractivity contribution >= 4 is 28.1 Å². The molecule has 2 aromatic carbocycles. The van der Waals surface area contributed by atoms with Crippen molar-refractivity contribution in [1.29, 1.82) is 5.26 Å². The summed E-state index contributed by atoms with van der Waals surface area (Å²) in [7, 11) is 0. The minimum absolute atomic E-state index is 0.0756. The van der Waals surface area contributed by atoms with Gasteiger partial charge in [-0.25, -0.2) is 4.79 Å². The number of hydrogen-bond donors (Lipinski definition) is 4. The number of aromatic nitrogens is 5. The zero-order valence-corrected chi connectivity index (χ0v) is 14.3. The highest BCUT2D eigenvalue weighted by atomic mass is 16.4. The summed E-state index contributed by atoms with van der Waals surface area (Å²) in [5.74, 6) is -0.972. The van der Waals surface area contributed by atoms with Crippen LogP contribution in [0.2, 0.25) is 0 Å². The minimum Gasteiger partial charge on any atom is -0.478 e. The number of H-pyrrole nitrogens is 2. The second-order valence-corrected chi connectivity index (χ2v) is 5.86. The van der Waals surface area contributed by atoms with Crippen molar-refractivity contribution in [3.05, 3.63) is 66.2 Å². The van der Waals surface area contributed by atoms with Crippen molar-refractivity contribution in [2.45, 2.75) is 0 Å². The van der Waals surface area contributed by atoms with Crippen LogP contribution in [-0.2, 0) is 0 Å². The number of carboxylic acid groups (broad SMARTS) is 1. The van der Waals surface area contributed by atoms with Crippen LogP contribution >= 0.6 is 0 Å². The maximum atomic E-state index is 11.6. The van der Waals surface area contributed by atoms with Crippen molar-refractivity contribution in [1.82, 2.24) is 25.6 Å². The number of nitrogens with one attached hydrogen (secondary N) is 3. The van der Waals surface area contributed by atoms with E-state index >= 15 is 0 Å². The summed E-state index contributed by atoms with van der Waals surface area (Å²) >= 11 is 0. The first-order valence-electron chi connectivity index (χ1n) is 8.22. The Morgan fingerprint density at radius 1 is 1.25 bits per heavy atom. The van der Waals surface area contributed by atoms with Gasteiger partial charge in [-0.1, -0.05) is 18.2 Å². The van der Waals surface area contributed by atoms with Crippen molar-refractivity contribution in [2.75, 3.05) is 5.32 Å². The van der Waals surface area contributed by atoms with Crippen LogP contribution in [0.5, 0.6) is 0 Å². The Hall–Kier alpha value is -4.45. The lowest BCUT2D eigenvalue weighted by atomic mass is 9.99. The van der Waals surface area contributed by atoms with Gasteiger partial charge in [0.05, 0.1) is 11.3 Å². The third-order valence-corrected chi connectivity index (χ3v) is 4.23. The summed E-state index contributed by atoms with van der Waals surface area (Å²) in [4.78, 5) is 14.8. The van der Waals surface area contributed by atoms with Crippen molar-refractivity contribution in [3.63, 3.8) is 0 Å². The molecule has 0 fully saturated rings. The van der Waals surface area contributed by atoms with E-state index in [1.165, 1.54) is 12.3 Å². The molecule has 9 nitrogen and oxygen atoms in total. The number of benzene rings is 2. The predicted molar refractivity (Wildman–Crippen MR) is 102 cm³/mol. The Kier molecular flexibility index (Phi) is 4.28. The molecule has 0 atom stereocenters. The quantitative estimate of drug-likeness (QED) is 0.395. The van der Waals surface area contributed by atoms with E-state index < -0.39 is 5.97 Å². The number of aromatic carboxylic acids is 1. The molecule has 0 amide bonds. The molecular formula is C19H13N7O2. The Balaban J connectivity index is 1.78. The van der Waals surface area contributed by atoms with Gasteiger partial charge in [-0.05, 0) is 40.6 Å². The summed E-state index contributed by atoms with van der Waals surface area (Å²) in [6.07, 6.45) is 3.21. The number of rotatable bonds is 5. The van der Waals surface area contributed by atoms with Crippen LogP contribution in [0.15, 0.2) is 54.9 Å². The van der Waals surface area contributed by atoms with E-state index in [4.69, 9.17) is 0 Å². The van der Waals surface area contributed by atoms with Crippen molar-refractivity contribution in [2.24, 2.45) is 0 Å². The second-order valence-electron chi connectivity index (χ2n) is 5.86. The van der Waals surface area contributed by atoms with Crippen LogP contribution in [0.1, 0.15) is 16.2 Å². The first-order chi connectivity index (χ1) is 13.7. The lowest BCUT2D eigenvalue weighted by Gasteiger charge is -2.10. The van der Waals surface area contributed by atoms with Gasteiger partial charge in [-0.15, -0.1) is 10.2 Å². The van der Waals surface area contributed by atoms with Gasteiger partial charge in [-0.3, -0.25) is 0 Å². The second kappa shape index (κ2) is 7.05. The number of aromatic amines is 2. The molecular weight excluding hydrogens is 358 g/mol. The number of allylic oxidation sites excluding steroid dienone is 1. The highest BCUT2D eigenvalue weighted by Crippen LogP contribution is 2.31. The molecule has 4 aromatic rings. The first kappa shape index (κ1) is 17.0. The van der Waals surface area contributed by atoms with Gasteiger partial charge in [0.2, 0.25) is 5.82 Å². The van der Waals surface area contributed by atoms with Gasteiger partial charge in [-0.2, -0.15) is 10.5 Å². The summed E-state index contributed by atoms with van der Waals surface area (Å²) in [5.41, 5.74) is 3.31. The average Bonchev–Trinajstić information content (AvgIpc) is 3.40. The number of nitrogens with zero attached hydrogens (tertiary/aromatic N) is 4. The molecule has 2 aromatic heterocycles. The molecule has 0 aliphatic heterocycles. The molecule has 0 aliphatic carbocycles. The van der Waals surface area contributed by atoms with Crippen LogP contribution in [0.4, 0.5) is 5.69 Å². The number of anilines is 1. The van der Waals surface area contributed by atoms with Gasteiger partial charge in [0.15, 0.2) is 0 Å². The molecule has 28 heavy (non-hydrogen) atoms. The third-order valence-electron chi connectivity index (χ3n) is 4.23. The molecule has 0 saturated carbocycles. The van der Waals surface area contributed by atoms with Gasteiger partial charge in [0.1, 0.15) is 11.6 Å². The molecule has 0 aliphatic rings. The Morgan fingerprint density at radius 2 is 2.14 bits per heavy atom. The predicted octanol–water partition coefficient (Wildman–Crippen LogP) is 3.02. The molecule has 136 valence electrons. The number of carbonyl (C=O) groups is 1. The molecule has 0 spiro atoms. The smallest absolute Gasteiger partial charge is 0.337 e. The largest absolute Gasteiger partial charge is 0.478 e. The third kappa shape index (κ3) is 3.06. The molecule has 0 bridgehead atoms. The van der Waals surface area contributed by atoms with Crippen molar-refractivity contribution in [3.8, 4) is 17.2 Å². The van der Waals surface area contributed by atoms with Gasteiger partial charge < -0.3 is 15.4 Å². The number of carboxylic acids is 1. The van der Waals surface area contributed by atoms with E-state index in [9.17, 15) is 15.2 Å². The van der Waals surface area contributed by atoms with E-state index in [0.717, 1.165) is 22.0 Å². The fourth-order valence-electron chi connectivity index (χ4n) is 2.93. The number of hydrogen-bond acceptors (Lipinski definition) is 6. The molecule has 9 heteroatoms. The molecule has 4 N–H and O–H groups in total. The minimum atomic E-state index is -1.08. The normalized spacial score (nSPS) is 11.3. The zero-order valence-electron chi connectivity index (χ0n) is 14.3. The van der Waals surface area contributed by atoms with Crippen LogP contribution in [0.3, 0.4) is 0 Å². The topological polar surface area (TPSA) is 143 Å². The van der Waals surface area contributed by atoms with Crippen LogP contribution in [-0.4, -0.2) is 36.7 Å². The Morgan fingerprint density at radius 3 is 2.89 bits per heavy atom. The molecule has 0 radical (unpaired) electrons.